The minimum atomic E-state index is -3.33. The molecule has 0 bridgehead atoms. The molecule has 6 nitrogen and oxygen atoms in total. The van der Waals surface area contributed by atoms with Crippen LogP contribution in [0.2, 0.25) is 0 Å². The van der Waals surface area contributed by atoms with E-state index in [4.69, 9.17) is 0 Å². The van der Waals surface area contributed by atoms with Crippen LogP contribution in [0, 0.1) is 5.92 Å². The SMILES string of the molecule is CCC(CC)CNC(=NC)NCCS(=O)(=O)N1CCc2ccccc21. The van der Waals surface area contributed by atoms with Crippen LogP contribution in [-0.4, -0.2) is 46.8 Å². The lowest BCUT2D eigenvalue weighted by molar-refractivity contribution is 0.481. The van der Waals surface area contributed by atoms with Gasteiger partial charge >= 0.3 is 0 Å². The summed E-state index contributed by atoms with van der Waals surface area (Å²) in [5.74, 6) is 1.31. The van der Waals surface area contributed by atoms with Crippen molar-refractivity contribution < 1.29 is 8.42 Å². The Kier molecular flexibility index (Phi) is 7.11. The van der Waals surface area contributed by atoms with Gasteiger partial charge in [-0.15, -0.1) is 0 Å². The maximum absolute atomic E-state index is 12.6. The highest BCUT2D eigenvalue weighted by Gasteiger charge is 2.28. The first-order valence-electron chi connectivity index (χ1n) is 9.04. The van der Waals surface area contributed by atoms with E-state index in [2.05, 4.69) is 29.5 Å². The zero-order chi connectivity index (χ0) is 18.3. The van der Waals surface area contributed by atoms with Gasteiger partial charge in [0.25, 0.3) is 0 Å². The Morgan fingerprint density at radius 2 is 1.96 bits per heavy atom. The summed E-state index contributed by atoms with van der Waals surface area (Å²) in [4.78, 5) is 4.17. The van der Waals surface area contributed by atoms with Gasteiger partial charge in [-0.1, -0.05) is 44.9 Å². The smallest absolute Gasteiger partial charge is 0.236 e. The third-order valence-electron chi connectivity index (χ3n) is 4.77. The Bertz CT molecular complexity index is 684. The number of aliphatic imine (C=N–C) groups is 1. The molecule has 0 aromatic heterocycles. The van der Waals surface area contributed by atoms with Gasteiger partial charge in [-0.3, -0.25) is 9.30 Å². The summed E-state index contributed by atoms with van der Waals surface area (Å²) < 4.78 is 26.8. The fraction of sp³-hybridized carbons (Fsp3) is 0.611. The van der Waals surface area contributed by atoms with Gasteiger partial charge in [0.15, 0.2) is 5.96 Å². The molecule has 0 fully saturated rings. The van der Waals surface area contributed by atoms with Crippen LogP contribution in [0.5, 0.6) is 0 Å². The molecule has 1 heterocycles. The summed E-state index contributed by atoms with van der Waals surface area (Å²) in [5.41, 5.74) is 1.92. The number of anilines is 1. The van der Waals surface area contributed by atoms with Gasteiger partial charge in [0.2, 0.25) is 10.0 Å². The molecule has 0 atom stereocenters. The Labute approximate surface area is 151 Å². The first-order chi connectivity index (χ1) is 12.0. The number of hydrogen-bond acceptors (Lipinski definition) is 3. The fourth-order valence-corrected chi connectivity index (χ4v) is 4.47. The fourth-order valence-electron chi connectivity index (χ4n) is 3.04. The molecule has 1 aliphatic heterocycles. The molecule has 0 saturated heterocycles. The molecule has 0 aliphatic carbocycles. The van der Waals surface area contributed by atoms with E-state index in [1.54, 1.807) is 7.05 Å². The predicted octanol–water partition coefficient (Wildman–Crippen LogP) is 1.98. The minimum absolute atomic E-state index is 0.0486. The third-order valence-corrected chi connectivity index (χ3v) is 6.54. The molecule has 140 valence electrons. The Morgan fingerprint density at radius 3 is 2.64 bits per heavy atom. The van der Waals surface area contributed by atoms with Crippen LogP contribution in [0.15, 0.2) is 29.3 Å². The lowest BCUT2D eigenvalue weighted by atomic mass is 10.0. The molecule has 2 N–H and O–H groups in total. The summed E-state index contributed by atoms with van der Waals surface area (Å²) in [5, 5.41) is 6.38. The number of sulfonamides is 1. The molecule has 0 radical (unpaired) electrons. The number of guanidine groups is 1. The second kappa shape index (κ2) is 9.08. The van der Waals surface area contributed by atoms with Crippen molar-refractivity contribution in [2.24, 2.45) is 10.9 Å². The Balaban J connectivity index is 1.86. The van der Waals surface area contributed by atoms with Crippen LogP contribution in [0.25, 0.3) is 0 Å². The largest absolute Gasteiger partial charge is 0.356 e. The van der Waals surface area contributed by atoms with Gasteiger partial charge < -0.3 is 10.6 Å². The zero-order valence-electron chi connectivity index (χ0n) is 15.5. The van der Waals surface area contributed by atoms with Crippen LogP contribution in [-0.2, 0) is 16.4 Å². The van der Waals surface area contributed by atoms with Crippen molar-refractivity contribution in [1.29, 1.82) is 0 Å². The lowest BCUT2D eigenvalue weighted by Gasteiger charge is -2.20. The molecule has 2 rings (SSSR count). The highest BCUT2D eigenvalue weighted by molar-refractivity contribution is 7.92. The van der Waals surface area contributed by atoms with E-state index in [1.165, 1.54) is 4.31 Å². The van der Waals surface area contributed by atoms with Crippen LogP contribution >= 0.6 is 0 Å². The molecule has 1 aromatic rings. The van der Waals surface area contributed by atoms with Crippen molar-refractivity contribution in [2.45, 2.75) is 33.1 Å². The average Bonchev–Trinajstić information content (AvgIpc) is 3.06. The molecule has 0 unspecified atom stereocenters. The van der Waals surface area contributed by atoms with Gasteiger partial charge in [-0.25, -0.2) is 8.42 Å². The molecule has 0 amide bonds. The number of fused-ring (bicyclic) bond motifs is 1. The van der Waals surface area contributed by atoms with Gasteiger partial charge in [0.05, 0.1) is 11.4 Å². The molecule has 25 heavy (non-hydrogen) atoms. The minimum Gasteiger partial charge on any atom is -0.356 e. The second-order valence-electron chi connectivity index (χ2n) is 6.33. The van der Waals surface area contributed by atoms with E-state index in [9.17, 15) is 8.42 Å². The van der Waals surface area contributed by atoms with Gasteiger partial charge in [-0.2, -0.15) is 0 Å². The number of nitrogens with one attached hydrogen (secondary N) is 2. The zero-order valence-corrected chi connectivity index (χ0v) is 16.3. The third kappa shape index (κ3) is 5.11. The van der Waals surface area contributed by atoms with Gasteiger partial charge in [-0.05, 0) is 24.0 Å². The maximum Gasteiger partial charge on any atom is 0.236 e. The highest BCUT2D eigenvalue weighted by atomic mass is 32.2. The highest BCUT2D eigenvalue weighted by Crippen LogP contribution is 2.29. The molecule has 0 spiro atoms. The number of benzene rings is 1. The number of para-hydroxylation sites is 1. The molecule has 1 aliphatic rings. The van der Waals surface area contributed by atoms with Crippen molar-refractivity contribution in [3.05, 3.63) is 29.8 Å². The van der Waals surface area contributed by atoms with E-state index < -0.39 is 10.0 Å². The summed E-state index contributed by atoms with van der Waals surface area (Å²) in [6, 6.07) is 7.71. The number of rotatable bonds is 8. The second-order valence-corrected chi connectivity index (χ2v) is 8.34. The normalized spacial score (nSPS) is 14.7. The summed E-state index contributed by atoms with van der Waals surface area (Å²) in [6.45, 7) is 6.06. The Morgan fingerprint density at radius 1 is 1.24 bits per heavy atom. The van der Waals surface area contributed by atoms with E-state index >= 15 is 0 Å². The summed E-state index contributed by atoms with van der Waals surface area (Å²) in [6.07, 6.45) is 3.01. The number of nitrogens with zero attached hydrogens (tertiary/aromatic N) is 2. The van der Waals surface area contributed by atoms with Crippen molar-refractivity contribution in [2.75, 3.05) is 36.7 Å². The van der Waals surface area contributed by atoms with Crippen molar-refractivity contribution in [3.63, 3.8) is 0 Å². The first kappa shape index (κ1) is 19.6. The van der Waals surface area contributed by atoms with Crippen LogP contribution in [0.1, 0.15) is 32.3 Å². The average molecular weight is 367 g/mol. The molecule has 7 heteroatoms. The molecule has 0 saturated carbocycles. The Hall–Kier alpha value is -1.76. The number of hydrogen-bond donors (Lipinski definition) is 2. The van der Waals surface area contributed by atoms with Gasteiger partial charge in [0, 0.05) is 26.7 Å². The summed E-state index contributed by atoms with van der Waals surface area (Å²) >= 11 is 0. The molecular weight excluding hydrogens is 336 g/mol. The van der Waals surface area contributed by atoms with E-state index in [1.807, 2.05) is 24.3 Å². The van der Waals surface area contributed by atoms with Crippen molar-refractivity contribution in [1.82, 2.24) is 10.6 Å². The topological polar surface area (TPSA) is 73.8 Å². The summed E-state index contributed by atoms with van der Waals surface area (Å²) in [7, 11) is -1.63. The van der Waals surface area contributed by atoms with Gasteiger partial charge in [0.1, 0.15) is 0 Å². The van der Waals surface area contributed by atoms with E-state index in [0.717, 1.165) is 37.1 Å². The van der Waals surface area contributed by atoms with E-state index in [0.29, 0.717) is 25.0 Å². The standard InChI is InChI=1S/C18H30N4O2S/c1-4-15(5-2)14-21-18(19-3)20-11-13-25(23,24)22-12-10-16-8-6-7-9-17(16)22/h6-9,15H,4-5,10-14H2,1-3H3,(H2,19,20,21). The van der Waals surface area contributed by atoms with Crippen LogP contribution in [0.4, 0.5) is 5.69 Å². The van der Waals surface area contributed by atoms with Crippen LogP contribution < -0.4 is 14.9 Å². The molecule has 1 aromatic carbocycles. The van der Waals surface area contributed by atoms with Crippen molar-refractivity contribution >= 4 is 21.7 Å². The molecular formula is C18H30N4O2S. The quantitative estimate of drug-likeness (QED) is 0.545. The monoisotopic (exact) mass is 366 g/mol. The maximum atomic E-state index is 12.6. The first-order valence-corrected chi connectivity index (χ1v) is 10.7. The van der Waals surface area contributed by atoms with Crippen LogP contribution in [0.3, 0.4) is 0 Å². The van der Waals surface area contributed by atoms with E-state index in [-0.39, 0.29) is 5.75 Å². The lowest BCUT2D eigenvalue weighted by Crippen LogP contribution is -2.43. The van der Waals surface area contributed by atoms with Crippen molar-refractivity contribution in [3.8, 4) is 0 Å². The predicted molar refractivity (Wildman–Crippen MR) is 105 cm³/mol.